The predicted octanol–water partition coefficient (Wildman–Crippen LogP) is 1.84. The average molecular weight is 380 g/mol. The molecule has 138 valence electrons. The van der Waals surface area contributed by atoms with E-state index in [0.717, 1.165) is 12.1 Å². The number of nitrogens with one attached hydrogen (secondary N) is 2. The molecule has 0 aliphatic heterocycles. The fourth-order valence-corrected chi connectivity index (χ4v) is 2.77. The first kappa shape index (κ1) is 19.5. The number of halogens is 1. The van der Waals surface area contributed by atoms with E-state index in [1.54, 1.807) is 6.92 Å². The normalized spacial score (nSPS) is 11.0. The average Bonchev–Trinajstić information content (AvgIpc) is 2.63. The van der Waals surface area contributed by atoms with Gasteiger partial charge in [-0.3, -0.25) is 4.79 Å². The minimum Gasteiger partial charge on any atom is -0.452 e. The van der Waals surface area contributed by atoms with Crippen molar-refractivity contribution in [2.24, 2.45) is 0 Å². The molecule has 0 aliphatic carbocycles. The molecule has 26 heavy (non-hydrogen) atoms. The lowest BCUT2D eigenvalue weighted by Crippen LogP contribution is -2.22. The Morgan fingerprint density at radius 3 is 2.54 bits per heavy atom. The van der Waals surface area contributed by atoms with Crippen LogP contribution >= 0.6 is 0 Å². The van der Waals surface area contributed by atoms with E-state index in [-0.39, 0.29) is 16.1 Å². The van der Waals surface area contributed by atoms with E-state index in [0.29, 0.717) is 5.56 Å². The fraction of sp³-hybridized carbons (Fsp3) is 0.176. The van der Waals surface area contributed by atoms with Gasteiger partial charge in [0.25, 0.3) is 5.91 Å². The molecule has 7 nitrogen and oxygen atoms in total. The summed E-state index contributed by atoms with van der Waals surface area (Å²) in [5.41, 5.74) is 0.651. The number of hydrogen-bond acceptors (Lipinski definition) is 5. The third kappa shape index (κ3) is 4.87. The minimum absolute atomic E-state index is 0.0181. The molecule has 0 aliphatic rings. The summed E-state index contributed by atoms with van der Waals surface area (Å²) in [6.45, 7) is 0.989. The lowest BCUT2D eigenvalue weighted by molar-refractivity contribution is -0.119. The van der Waals surface area contributed by atoms with E-state index in [2.05, 4.69) is 10.0 Å². The van der Waals surface area contributed by atoms with Gasteiger partial charge in [0.1, 0.15) is 5.82 Å². The van der Waals surface area contributed by atoms with Crippen molar-refractivity contribution >= 4 is 27.6 Å². The number of sulfonamides is 1. The van der Waals surface area contributed by atoms with Gasteiger partial charge < -0.3 is 10.1 Å². The van der Waals surface area contributed by atoms with Gasteiger partial charge in [-0.15, -0.1) is 0 Å². The van der Waals surface area contributed by atoms with Crippen molar-refractivity contribution in [2.45, 2.75) is 11.8 Å². The molecular formula is C17H17FN2O5S. The second kappa shape index (κ2) is 8.07. The summed E-state index contributed by atoms with van der Waals surface area (Å²) in [7, 11) is -2.46. The highest BCUT2D eigenvalue weighted by Gasteiger charge is 2.16. The van der Waals surface area contributed by atoms with E-state index in [1.807, 2.05) is 0 Å². The molecule has 2 aromatic rings. The van der Waals surface area contributed by atoms with Gasteiger partial charge in [0.2, 0.25) is 10.0 Å². The van der Waals surface area contributed by atoms with Crippen LogP contribution in [0.1, 0.15) is 15.9 Å². The van der Waals surface area contributed by atoms with E-state index in [1.165, 1.54) is 37.4 Å². The Morgan fingerprint density at radius 1 is 1.15 bits per heavy atom. The molecule has 0 saturated heterocycles. The van der Waals surface area contributed by atoms with Gasteiger partial charge in [-0.05, 0) is 49.9 Å². The topological polar surface area (TPSA) is 102 Å². The van der Waals surface area contributed by atoms with Crippen molar-refractivity contribution in [1.82, 2.24) is 4.72 Å². The lowest BCUT2D eigenvalue weighted by Gasteiger charge is -2.08. The third-order valence-corrected chi connectivity index (χ3v) is 4.85. The van der Waals surface area contributed by atoms with Crippen LogP contribution in [0.3, 0.4) is 0 Å². The number of aryl methyl sites for hydroxylation is 1. The van der Waals surface area contributed by atoms with Crippen LogP contribution in [0.25, 0.3) is 0 Å². The summed E-state index contributed by atoms with van der Waals surface area (Å²) < 4.78 is 43.9. The Hall–Kier alpha value is -2.78. The molecule has 2 aromatic carbocycles. The monoisotopic (exact) mass is 380 g/mol. The van der Waals surface area contributed by atoms with Gasteiger partial charge in [-0.25, -0.2) is 22.3 Å². The maximum atomic E-state index is 13.4. The van der Waals surface area contributed by atoms with Crippen molar-refractivity contribution in [3.05, 3.63) is 59.4 Å². The Labute approximate surface area is 150 Å². The first-order chi connectivity index (χ1) is 12.2. The number of carbonyl (C=O) groups excluding carboxylic acids is 2. The Kier molecular flexibility index (Phi) is 6.06. The molecule has 0 spiro atoms. The molecule has 9 heteroatoms. The van der Waals surface area contributed by atoms with Gasteiger partial charge in [-0.2, -0.15) is 0 Å². The molecule has 0 fully saturated rings. The van der Waals surface area contributed by atoms with Crippen LogP contribution in [0, 0.1) is 12.7 Å². The quantitative estimate of drug-likeness (QED) is 0.745. The number of ether oxygens (including phenoxy) is 1. The summed E-state index contributed by atoms with van der Waals surface area (Å²) in [5.74, 6) is -1.98. The second-order valence-corrected chi connectivity index (χ2v) is 7.21. The van der Waals surface area contributed by atoms with Crippen LogP contribution in [0.15, 0.2) is 47.4 Å². The first-order valence-electron chi connectivity index (χ1n) is 7.49. The number of carbonyl (C=O) groups is 2. The molecule has 0 aromatic heterocycles. The van der Waals surface area contributed by atoms with Crippen molar-refractivity contribution in [3.63, 3.8) is 0 Å². The van der Waals surface area contributed by atoms with Crippen LogP contribution in [0.5, 0.6) is 0 Å². The SMILES string of the molecule is CNS(=O)(=O)c1cccc(C(=O)OCC(=O)Nc2ccc(C)c(F)c2)c1. The molecule has 0 unspecified atom stereocenters. The molecule has 1 amide bonds. The Balaban J connectivity index is 1.99. The summed E-state index contributed by atoms with van der Waals surface area (Å²) in [5, 5.41) is 2.40. The number of rotatable bonds is 6. The van der Waals surface area contributed by atoms with Crippen molar-refractivity contribution in [1.29, 1.82) is 0 Å². The van der Waals surface area contributed by atoms with Crippen LogP contribution < -0.4 is 10.0 Å². The third-order valence-electron chi connectivity index (χ3n) is 3.44. The zero-order valence-corrected chi connectivity index (χ0v) is 14.9. The molecule has 2 rings (SSSR count). The van der Waals surface area contributed by atoms with Crippen LogP contribution in [-0.2, 0) is 19.6 Å². The maximum Gasteiger partial charge on any atom is 0.338 e. The molecular weight excluding hydrogens is 363 g/mol. The van der Waals surface area contributed by atoms with E-state index < -0.39 is 34.3 Å². The maximum absolute atomic E-state index is 13.4. The van der Waals surface area contributed by atoms with Gasteiger partial charge in [0.05, 0.1) is 10.5 Å². The van der Waals surface area contributed by atoms with Gasteiger partial charge in [0.15, 0.2) is 6.61 Å². The fourth-order valence-electron chi connectivity index (χ4n) is 1.99. The molecule has 0 radical (unpaired) electrons. The minimum atomic E-state index is -3.71. The van der Waals surface area contributed by atoms with Gasteiger partial charge in [0, 0.05) is 5.69 Å². The lowest BCUT2D eigenvalue weighted by atomic mass is 10.2. The number of benzene rings is 2. The van der Waals surface area contributed by atoms with Crippen LogP contribution in [0.2, 0.25) is 0 Å². The summed E-state index contributed by atoms with van der Waals surface area (Å²) >= 11 is 0. The molecule has 0 saturated carbocycles. The Bertz CT molecular complexity index is 944. The summed E-state index contributed by atoms with van der Waals surface area (Å²) in [6.07, 6.45) is 0. The molecule has 0 atom stereocenters. The first-order valence-corrected chi connectivity index (χ1v) is 8.98. The predicted molar refractivity (Wildman–Crippen MR) is 92.7 cm³/mol. The highest BCUT2D eigenvalue weighted by atomic mass is 32.2. The second-order valence-electron chi connectivity index (χ2n) is 5.32. The van der Waals surface area contributed by atoms with Crippen LogP contribution in [0.4, 0.5) is 10.1 Å². The van der Waals surface area contributed by atoms with Gasteiger partial charge >= 0.3 is 5.97 Å². The van der Waals surface area contributed by atoms with Crippen molar-refractivity contribution < 1.29 is 27.1 Å². The van der Waals surface area contributed by atoms with E-state index in [4.69, 9.17) is 4.74 Å². The largest absolute Gasteiger partial charge is 0.452 e. The molecule has 0 bridgehead atoms. The smallest absolute Gasteiger partial charge is 0.338 e. The van der Waals surface area contributed by atoms with Crippen molar-refractivity contribution in [3.8, 4) is 0 Å². The number of hydrogen-bond donors (Lipinski definition) is 2. The number of anilines is 1. The highest BCUT2D eigenvalue weighted by molar-refractivity contribution is 7.89. The van der Waals surface area contributed by atoms with Gasteiger partial charge in [-0.1, -0.05) is 12.1 Å². The van der Waals surface area contributed by atoms with E-state index >= 15 is 0 Å². The highest BCUT2D eigenvalue weighted by Crippen LogP contribution is 2.14. The van der Waals surface area contributed by atoms with Crippen molar-refractivity contribution in [2.75, 3.05) is 19.0 Å². The summed E-state index contributed by atoms with van der Waals surface area (Å²) in [4.78, 5) is 23.7. The number of esters is 1. The standard InChI is InChI=1S/C17H17FN2O5S/c1-11-6-7-13(9-15(11)18)20-16(21)10-25-17(22)12-4-3-5-14(8-12)26(23,24)19-2/h3-9,19H,10H2,1-2H3,(H,20,21). The Morgan fingerprint density at radius 2 is 1.88 bits per heavy atom. The zero-order valence-electron chi connectivity index (χ0n) is 14.1. The summed E-state index contributed by atoms with van der Waals surface area (Å²) in [6, 6.07) is 9.39. The number of amides is 1. The van der Waals surface area contributed by atoms with E-state index in [9.17, 15) is 22.4 Å². The van der Waals surface area contributed by atoms with Crippen LogP contribution in [-0.4, -0.2) is 33.9 Å². The molecule has 0 heterocycles. The molecule has 2 N–H and O–H groups in total. The zero-order chi connectivity index (χ0) is 19.3.